The predicted molar refractivity (Wildman–Crippen MR) is 136 cm³/mol. The van der Waals surface area contributed by atoms with Gasteiger partial charge in [-0.05, 0) is 47.1 Å². The number of hydrogen-bond acceptors (Lipinski definition) is 5. The van der Waals surface area contributed by atoms with Crippen molar-refractivity contribution in [3.05, 3.63) is 122 Å². The molecule has 6 nitrogen and oxygen atoms in total. The number of allylic oxidation sites excluding steroid dienone is 1. The Morgan fingerprint density at radius 1 is 0.912 bits per heavy atom. The first-order chi connectivity index (χ1) is 16.6. The van der Waals surface area contributed by atoms with E-state index in [2.05, 4.69) is 15.3 Å². The van der Waals surface area contributed by atoms with Crippen LogP contribution in [0.4, 0.5) is 5.82 Å². The highest BCUT2D eigenvalue weighted by Crippen LogP contribution is 2.39. The Labute approximate surface area is 201 Å². The minimum Gasteiger partial charge on any atom is -0.493 e. The Bertz CT molecular complexity index is 1460. The number of fused-ring (bicyclic) bond motifs is 1. The summed E-state index contributed by atoms with van der Waals surface area (Å²) in [4.78, 5) is 18.7. The maximum Gasteiger partial charge on any atom is 0.257 e. The van der Waals surface area contributed by atoms with Crippen molar-refractivity contribution in [2.45, 2.75) is 12.5 Å². The lowest BCUT2D eigenvalue weighted by Gasteiger charge is -2.26. The van der Waals surface area contributed by atoms with Gasteiger partial charge >= 0.3 is 0 Å². The smallest absolute Gasteiger partial charge is 0.257 e. The molecule has 1 aliphatic heterocycles. The molecule has 0 spiro atoms. The van der Waals surface area contributed by atoms with Crippen molar-refractivity contribution in [3.63, 3.8) is 0 Å². The van der Waals surface area contributed by atoms with E-state index in [0.717, 1.165) is 22.4 Å². The molecule has 0 amide bonds. The number of methoxy groups -OCH3 is 1. The van der Waals surface area contributed by atoms with Crippen LogP contribution in [0.1, 0.15) is 28.2 Å². The largest absolute Gasteiger partial charge is 0.493 e. The van der Waals surface area contributed by atoms with Crippen LogP contribution < -0.4 is 20.3 Å². The summed E-state index contributed by atoms with van der Waals surface area (Å²) in [7, 11) is 1.61. The lowest BCUT2D eigenvalue weighted by Crippen LogP contribution is -2.24. The normalized spacial score (nSPS) is 14.5. The molecule has 1 aromatic heterocycles. The Balaban J connectivity index is 1.55. The summed E-state index contributed by atoms with van der Waals surface area (Å²) in [6.07, 6.45) is 2.04. The molecule has 3 N–H and O–H groups in total. The molecule has 5 rings (SSSR count). The zero-order chi connectivity index (χ0) is 23.5. The molecule has 2 heterocycles. The minimum absolute atomic E-state index is 0.233. The highest BCUT2D eigenvalue weighted by molar-refractivity contribution is 7.71. The van der Waals surface area contributed by atoms with Crippen molar-refractivity contribution in [3.8, 4) is 11.5 Å². The fraction of sp³-hybridized carbons (Fsp3) is 0.111. The van der Waals surface area contributed by atoms with Crippen molar-refractivity contribution in [1.29, 1.82) is 0 Å². The number of ether oxygens (including phenoxy) is 2. The quantitative estimate of drug-likeness (QED) is 0.320. The van der Waals surface area contributed by atoms with Gasteiger partial charge in [-0.2, -0.15) is 0 Å². The third kappa shape index (κ3) is 4.38. The number of aromatic amines is 2. The maximum absolute atomic E-state index is 12.9. The van der Waals surface area contributed by atoms with Gasteiger partial charge in [0.2, 0.25) is 0 Å². The van der Waals surface area contributed by atoms with Gasteiger partial charge in [0.05, 0.1) is 12.7 Å². The van der Waals surface area contributed by atoms with Gasteiger partial charge in [0.25, 0.3) is 5.56 Å². The molecular weight excluding hydrogens is 446 g/mol. The summed E-state index contributed by atoms with van der Waals surface area (Å²) in [6, 6.07) is 25.7. The fourth-order valence-corrected chi connectivity index (χ4v) is 4.29. The summed E-state index contributed by atoms with van der Waals surface area (Å²) in [5.74, 6) is 1.50. The van der Waals surface area contributed by atoms with Gasteiger partial charge in [-0.3, -0.25) is 9.78 Å². The molecule has 0 radical (unpaired) electrons. The number of hydrogen-bond donors (Lipinski definition) is 3. The number of H-pyrrole nitrogens is 2. The third-order valence-corrected chi connectivity index (χ3v) is 5.96. The number of aromatic nitrogens is 2. The molecule has 1 atom stereocenters. The second-order valence-corrected chi connectivity index (χ2v) is 8.34. The topological polar surface area (TPSA) is 79.1 Å². The van der Waals surface area contributed by atoms with Gasteiger partial charge < -0.3 is 19.8 Å². The lowest BCUT2D eigenvalue weighted by atomic mass is 9.88. The fourth-order valence-electron chi connectivity index (χ4n) is 4.10. The average Bonchev–Trinajstić information content (AvgIpc) is 2.87. The van der Waals surface area contributed by atoms with E-state index in [4.69, 9.17) is 21.7 Å². The Kier molecular flexibility index (Phi) is 6.01. The Morgan fingerprint density at radius 3 is 2.38 bits per heavy atom. The third-order valence-electron chi connectivity index (χ3n) is 5.75. The van der Waals surface area contributed by atoms with E-state index in [0.29, 0.717) is 29.5 Å². The van der Waals surface area contributed by atoms with Crippen LogP contribution in [-0.2, 0) is 6.61 Å². The standard InChI is InChI=1S/C27H23N3O3S/c1-32-23-14-19(12-13-22(23)33-16-17-8-4-2-5-9-17)20-15-21(18-10-6-3-7-11-18)28-25-24(20)26(31)30-27(34)29-25/h2-15,20H,16H2,1H3,(H3,28,29,30,31,34). The Morgan fingerprint density at radius 2 is 1.65 bits per heavy atom. The van der Waals surface area contributed by atoms with Gasteiger partial charge in [0, 0.05) is 11.6 Å². The minimum atomic E-state index is -0.320. The highest BCUT2D eigenvalue weighted by atomic mass is 32.1. The van der Waals surface area contributed by atoms with Gasteiger partial charge in [-0.1, -0.05) is 66.7 Å². The van der Waals surface area contributed by atoms with E-state index < -0.39 is 0 Å². The summed E-state index contributed by atoms with van der Waals surface area (Å²) < 4.78 is 11.9. The van der Waals surface area contributed by atoms with Crippen LogP contribution in [0.3, 0.4) is 0 Å². The molecule has 1 aliphatic rings. The monoisotopic (exact) mass is 469 g/mol. The van der Waals surface area contributed by atoms with Crippen molar-refractivity contribution in [2.24, 2.45) is 0 Å². The molecule has 7 heteroatoms. The van der Waals surface area contributed by atoms with Crippen molar-refractivity contribution >= 4 is 23.7 Å². The van der Waals surface area contributed by atoms with Crippen molar-refractivity contribution in [1.82, 2.24) is 9.97 Å². The predicted octanol–water partition coefficient (Wildman–Crippen LogP) is 5.62. The number of anilines is 1. The first-order valence-electron chi connectivity index (χ1n) is 10.9. The number of benzene rings is 3. The van der Waals surface area contributed by atoms with E-state index in [1.165, 1.54) is 0 Å². The molecule has 0 aliphatic carbocycles. The number of rotatable bonds is 6. The van der Waals surface area contributed by atoms with E-state index in [1.807, 2.05) is 84.9 Å². The van der Waals surface area contributed by atoms with Crippen molar-refractivity contribution < 1.29 is 9.47 Å². The lowest BCUT2D eigenvalue weighted by molar-refractivity contribution is 0.284. The second-order valence-electron chi connectivity index (χ2n) is 7.93. The summed E-state index contributed by atoms with van der Waals surface area (Å²) in [6.45, 7) is 0.432. The SMILES string of the molecule is COc1cc(C2C=C(c3ccccc3)Nc3[nH]c(=S)[nH]c(=O)c32)ccc1OCc1ccccc1. The van der Waals surface area contributed by atoms with Crippen LogP contribution in [-0.4, -0.2) is 17.1 Å². The summed E-state index contributed by atoms with van der Waals surface area (Å²) in [5, 5.41) is 3.34. The first-order valence-corrected chi connectivity index (χ1v) is 11.3. The van der Waals surface area contributed by atoms with Crippen molar-refractivity contribution in [2.75, 3.05) is 12.4 Å². The molecule has 3 aromatic carbocycles. The zero-order valence-electron chi connectivity index (χ0n) is 18.5. The summed E-state index contributed by atoms with van der Waals surface area (Å²) >= 11 is 5.21. The van der Waals surface area contributed by atoms with Crippen LogP contribution in [0.5, 0.6) is 11.5 Å². The van der Waals surface area contributed by atoms with Gasteiger partial charge in [0.15, 0.2) is 16.3 Å². The second kappa shape index (κ2) is 9.41. The van der Waals surface area contributed by atoms with Gasteiger partial charge in [0.1, 0.15) is 12.4 Å². The van der Waals surface area contributed by atoms with Gasteiger partial charge in [-0.25, -0.2) is 0 Å². The molecule has 4 aromatic rings. The van der Waals surface area contributed by atoms with Crippen LogP contribution in [0.2, 0.25) is 0 Å². The Hall–Kier alpha value is -4.10. The maximum atomic E-state index is 12.9. The molecular formula is C27H23N3O3S. The number of nitrogens with one attached hydrogen (secondary N) is 3. The van der Waals surface area contributed by atoms with E-state index in [9.17, 15) is 4.79 Å². The molecule has 1 unspecified atom stereocenters. The molecule has 0 saturated carbocycles. The highest BCUT2D eigenvalue weighted by Gasteiger charge is 2.27. The summed E-state index contributed by atoms with van der Waals surface area (Å²) in [5.41, 5.74) is 4.19. The van der Waals surface area contributed by atoms with E-state index >= 15 is 0 Å². The zero-order valence-corrected chi connectivity index (χ0v) is 19.3. The van der Waals surface area contributed by atoms with Crippen LogP contribution in [0.25, 0.3) is 5.70 Å². The van der Waals surface area contributed by atoms with E-state index in [1.54, 1.807) is 7.11 Å². The van der Waals surface area contributed by atoms with Crippen LogP contribution in [0, 0.1) is 4.77 Å². The first kappa shape index (κ1) is 21.7. The molecule has 34 heavy (non-hydrogen) atoms. The van der Waals surface area contributed by atoms with E-state index in [-0.39, 0.29) is 16.2 Å². The molecule has 0 saturated heterocycles. The molecule has 170 valence electrons. The molecule has 0 bridgehead atoms. The molecule has 0 fully saturated rings. The van der Waals surface area contributed by atoms with Gasteiger partial charge in [-0.15, -0.1) is 0 Å². The van der Waals surface area contributed by atoms with Crippen LogP contribution >= 0.6 is 12.2 Å². The average molecular weight is 470 g/mol. The van der Waals surface area contributed by atoms with Crippen LogP contribution in [0.15, 0.2) is 89.7 Å².